The van der Waals surface area contributed by atoms with Crippen molar-refractivity contribution < 1.29 is 4.42 Å². The van der Waals surface area contributed by atoms with E-state index < -0.39 is 8.07 Å². The fraction of sp³-hybridized carbons (Fsp3) is 0. The van der Waals surface area contributed by atoms with E-state index in [1.807, 2.05) is 6.07 Å². The second-order valence-electron chi connectivity index (χ2n) is 18.8. The molecule has 4 heterocycles. The average Bonchev–Trinajstić information content (AvgIpc) is 4.18. The summed E-state index contributed by atoms with van der Waals surface area (Å²) in [4.78, 5) is 0. The number of nitrogens with zero attached hydrogens (tertiary/aromatic N) is 3. The van der Waals surface area contributed by atoms with Crippen molar-refractivity contribution in [3.63, 3.8) is 0 Å². The minimum atomic E-state index is -3.04. The van der Waals surface area contributed by atoms with E-state index in [9.17, 15) is 0 Å². The van der Waals surface area contributed by atoms with Gasteiger partial charge in [-0.2, -0.15) is 0 Å². The van der Waals surface area contributed by atoms with Crippen LogP contribution in [0.1, 0.15) is 0 Å². The lowest BCUT2D eigenvalue weighted by molar-refractivity contribution is 0.669. The van der Waals surface area contributed by atoms with Crippen molar-refractivity contribution >= 4 is 116 Å². The predicted molar refractivity (Wildman–Crippen MR) is 300 cm³/mol. The van der Waals surface area contributed by atoms with Crippen molar-refractivity contribution in [2.45, 2.75) is 0 Å². The van der Waals surface area contributed by atoms with Crippen LogP contribution in [0.2, 0.25) is 0 Å². The minimum absolute atomic E-state index is 0.896. The number of benzene rings is 11. The fourth-order valence-corrected chi connectivity index (χ4v) is 16.9. The normalized spacial score (nSPS) is 12.2. The molecule has 71 heavy (non-hydrogen) atoms. The molecule has 332 valence electrons. The van der Waals surface area contributed by atoms with Crippen molar-refractivity contribution in [3.8, 4) is 17.1 Å². The van der Waals surface area contributed by atoms with E-state index in [1.165, 1.54) is 86.2 Å². The first-order chi connectivity index (χ1) is 35.2. The molecule has 0 aliphatic carbocycles. The number of fused-ring (bicyclic) bond motifs is 12. The van der Waals surface area contributed by atoms with E-state index in [0.717, 1.165) is 39.0 Å². The highest BCUT2D eigenvalue weighted by atomic mass is 28.3. The maximum Gasteiger partial charge on any atom is 0.179 e. The molecule has 0 aliphatic rings. The first kappa shape index (κ1) is 39.8. The summed E-state index contributed by atoms with van der Waals surface area (Å²) in [5, 5.41) is 15.0. The summed E-state index contributed by atoms with van der Waals surface area (Å²) in [6, 6.07) is 96.6. The van der Waals surface area contributed by atoms with Crippen molar-refractivity contribution in [2.75, 3.05) is 0 Å². The van der Waals surface area contributed by atoms with Crippen LogP contribution < -0.4 is 20.7 Å². The number of aromatic nitrogens is 3. The predicted octanol–water partition coefficient (Wildman–Crippen LogP) is 14.3. The van der Waals surface area contributed by atoms with E-state index in [0.29, 0.717) is 0 Å². The number of furan rings is 1. The largest absolute Gasteiger partial charge is 0.456 e. The molecule has 0 spiro atoms. The molecular formula is C66H43N3OSi. The van der Waals surface area contributed by atoms with Gasteiger partial charge in [0.05, 0.1) is 33.1 Å². The van der Waals surface area contributed by atoms with Crippen LogP contribution in [0.5, 0.6) is 0 Å². The van der Waals surface area contributed by atoms with Crippen LogP contribution >= 0.6 is 0 Å². The molecule has 0 N–H and O–H groups in total. The van der Waals surface area contributed by atoms with E-state index in [2.05, 4.69) is 268 Å². The van der Waals surface area contributed by atoms with Gasteiger partial charge in [-0.05, 0) is 106 Å². The maximum absolute atomic E-state index is 6.29. The second kappa shape index (κ2) is 15.4. The van der Waals surface area contributed by atoms with Gasteiger partial charge in [0.15, 0.2) is 8.07 Å². The first-order valence-electron chi connectivity index (χ1n) is 24.4. The Morgan fingerprint density at radius 3 is 1.13 bits per heavy atom. The van der Waals surface area contributed by atoms with Crippen molar-refractivity contribution in [1.82, 2.24) is 13.7 Å². The molecule has 0 saturated carbocycles. The number of hydrogen-bond donors (Lipinski definition) is 0. The third-order valence-electron chi connectivity index (χ3n) is 15.2. The van der Waals surface area contributed by atoms with Crippen molar-refractivity contribution in [2.24, 2.45) is 0 Å². The Bertz CT molecular complexity index is 4540. The van der Waals surface area contributed by atoms with Crippen molar-refractivity contribution in [1.29, 1.82) is 0 Å². The Kier molecular flexibility index (Phi) is 8.64. The Balaban J connectivity index is 0.971. The summed E-state index contributed by atoms with van der Waals surface area (Å²) >= 11 is 0. The standard InChI is InChI=1S/C66H43N3OSi/c1-4-18-44(19-5-1)67-59-28-14-10-24-51(59)55-40-45(32-36-62(55)67)68-60-29-15-11-25-52(60)56-42-49(34-37-63(56)68)71(47-20-6-2-7-21-47,48-22-8-3-9-23-48)50-35-38-64-57(43-50)53-26-12-16-30-61(53)69(64)46-33-39-66-58(41-46)54-27-13-17-31-65(54)70-66/h1-43H. The average molecular weight is 922 g/mol. The highest BCUT2D eigenvalue weighted by Crippen LogP contribution is 2.39. The highest BCUT2D eigenvalue weighted by Gasteiger charge is 2.42. The molecule has 15 aromatic rings. The third-order valence-corrected chi connectivity index (χ3v) is 19.9. The number of rotatable bonds is 7. The molecule has 0 bridgehead atoms. The molecule has 0 atom stereocenters. The Hall–Kier alpha value is -9.16. The summed E-state index contributed by atoms with van der Waals surface area (Å²) < 4.78 is 13.6. The van der Waals surface area contributed by atoms with E-state index in [4.69, 9.17) is 4.42 Å². The van der Waals surface area contributed by atoms with Crippen LogP contribution in [-0.4, -0.2) is 21.8 Å². The zero-order valence-electron chi connectivity index (χ0n) is 38.6. The summed E-state index contributed by atoms with van der Waals surface area (Å²) in [7, 11) is -3.04. The van der Waals surface area contributed by atoms with Gasteiger partial charge in [-0.15, -0.1) is 0 Å². The summed E-state index contributed by atoms with van der Waals surface area (Å²) in [5.74, 6) is 0. The quantitative estimate of drug-likeness (QED) is 0.116. The van der Waals surface area contributed by atoms with Crippen LogP contribution in [0.3, 0.4) is 0 Å². The lowest BCUT2D eigenvalue weighted by Gasteiger charge is -2.34. The van der Waals surface area contributed by atoms with Crippen molar-refractivity contribution in [3.05, 3.63) is 261 Å². The molecular weight excluding hydrogens is 879 g/mol. The summed E-state index contributed by atoms with van der Waals surface area (Å²) in [6.45, 7) is 0. The number of para-hydroxylation sites is 5. The molecule has 4 nitrogen and oxygen atoms in total. The van der Waals surface area contributed by atoms with Gasteiger partial charge >= 0.3 is 0 Å². The van der Waals surface area contributed by atoms with Crippen LogP contribution in [0.15, 0.2) is 265 Å². The van der Waals surface area contributed by atoms with E-state index >= 15 is 0 Å². The third kappa shape index (κ3) is 5.78. The van der Waals surface area contributed by atoms with Gasteiger partial charge in [0.1, 0.15) is 11.2 Å². The van der Waals surface area contributed by atoms with Crippen LogP contribution in [0.4, 0.5) is 0 Å². The molecule has 11 aromatic carbocycles. The Labute approximate surface area is 410 Å². The Morgan fingerprint density at radius 1 is 0.225 bits per heavy atom. The lowest BCUT2D eigenvalue weighted by Crippen LogP contribution is -2.74. The lowest BCUT2D eigenvalue weighted by atomic mass is 10.1. The molecule has 5 heteroatoms. The van der Waals surface area contributed by atoms with Gasteiger partial charge in [0.25, 0.3) is 0 Å². The second-order valence-corrected chi connectivity index (χ2v) is 22.6. The monoisotopic (exact) mass is 921 g/mol. The fourth-order valence-electron chi connectivity index (χ4n) is 12.2. The van der Waals surface area contributed by atoms with Crippen LogP contribution in [0.25, 0.3) is 104 Å². The van der Waals surface area contributed by atoms with E-state index in [-0.39, 0.29) is 0 Å². The SMILES string of the molecule is c1ccc(-n2c3ccccc3c3cc(-n4c5ccccc5c5cc([Si](c6ccccc6)(c6ccccc6)c6ccc7c(c6)c6ccccc6n7-c6ccc7oc8ccccc8c7c6)ccc54)ccc32)cc1. The molecule has 0 fully saturated rings. The zero-order valence-corrected chi connectivity index (χ0v) is 39.6. The van der Waals surface area contributed by atoms with Crippen LogP contribution in [0, 0.1) is 0 Å². The topological polar surface area (TPSA) is 27.9 Å². The molecule has 4 aromatic heterocycles. The first-order valence-corrected chi connectivity index (χ1v) is 26.4. The molecule has 0 unspecified atom stereocenters. The molecule has 15 rings (SSSR count). The number of hydrogen-bond acceptors (Lipinski definition) is 1. The van der Waals surface area contributed by atoms with Gasteiger partial charge < -0.3 is 18.1 Å². The maximum atomic E-state index is 6.29. The smallest absolute Gasteiger partial charge is 0.179 e. The molecule has 0 amide bonds. The van der Waals surface area contributed by atoms with Gasteiger partial charge in [0, 0.05) is 60.2 Å². The summed E-state index contributed by atoms with van der Waals surface area (Å²) in [5.41, 5.74) is 12.3. The van der Waals surface area contributed by atoms with Gasteiger partial charge in [0.2, 0.25) is 0 Å². The summed E-state index contributed by atoms with van der Waals surface area (Å²) in [6.07, 6.45) is 0. The van der Waals surface area contributed by atoms with Crippen LogP contribution in [-0.2, 0) is 0 Å². The zero-order chi connectivity index (χ0) is 46.6. The molecule has 0 aliphatic heterocycles. The van der Waals surface area contributed by atoms with Gasteiger partial charge in [-0.1, -0.05) is 176 Å². The van der Waals surface area contributed by atoms with Gasteiger partial charge in [-0.3, -0.25) is 0 Å². The highest BCUT2D eigenvalue weighted by molar-refractivity contribution is 7.20. The van der Waals surface area contributed by atoms with E-state index in [1.54, 1.807) is 0 Å². The minimum Gasteiger partial charge on any atom is -0.456 e. The molecule has 0 saturated heterocycles. The molecule has 0 radical (unpaired) electrons. The Morgan fingerprint density at radius 2 is 0.592 bits per heavy atom. The van der Waals surface area contributed by atoms with Gasteiger partial charge in [-0.25, -0.2) is 0 Å².